The zero-order valence-corrected chi connectivity index (χ0v) is 12.3. The summed E-state index contributed by atoms with van der Waals surface area (Å²) in [6.07, 6.45) is 2.83. The van der Waals surface area contributed by atoms with E-state index in [1.807, 2.05) is 16.9 Å². The molecule has 106 valence electrons. The zero-order chi connectivity index (χ0) is 13.6. The molecular weight excluding hydrogens is 262 g/mol. The second kappa shape index (κ2) is 4.59. The van der Waals surface area contributed by atoms with Crippen LogP contribution in [-0.2, 0) is 16.4 Å². The fourth-order valence-corrected chi connectivity index (χ4v) is 5.37. The Kier molecular flexibility index (Phi) is 3.17. The number of hydrogen-bond donors (Lipinski definition) is 0. The van der Waals surface area contributed by atoms with Crippen molar-refractivity contribution >= 4 is 9.84 Å². The summed E-state index contributed by atoms with van der Waals surface area (Å²) in [6, 6.07) is 2.40. The summed E-state index contributed by atoms with van der Waals surface area (Å²) in [6.45, 7) is 6.55. The lowest BCUT2D eigenvalue weighted by atomic mass is 10.1. The Hall–Kier alpha value is -0.880. The molecule has 2 fully saturated rings. The van der Waals surface area contributed by atoms with Crippen LogP contribution in [0.5, 0.6) is 0 Å². The van der Waals surface area contributed by atoms with Crippen molar-refractivity contribution in [1.29, 1.82) is 0 Å². The van der Waals surface area contributed by atoms with Gasteiger partial charge in [-0.15, -0.1) is 0 Å². The third-order valence-corrected chi connectivity index (χ3v) is 6.53. The molecule has 2 aliphatic rings. The van der Waals surface area contributed by atoms with E-state index in [0.29, 0.717) is 24.3 Å². The van der Waals surface area contributed by atoms with Crippen LogP contribution in [0, 0.1) is 5.92 Å². The summed E-state index contributed by atoms with van der Waals surface area (Å²) >= 11 is 0. The molecule has 19 heavy (non-hydrogen) atoms. The predicted molar refractivity (Wildman–Crippen MR) is 73.6 cm³/mol. The molecule has 2 atom stereocenters. The summed E-state index contributed by atoms with van der Waals surface area (Å²) in [4.78, 5) is 2.24. The van der Waals surface area contributed by atoms with Gasteiger partial charge in [-0.25, -0.2) is 8.42 Å². The Labute approximate surface area is 114 Å². The standard InChI is InChI=1S/C13H21N3O2S/c1-10(2)16-5-3-12(14-16)8-15-7-11-4-6-19(17,18)13(11)9-15/h3,5,10-11,13H,4,6-9H2,1-2H3/t11-,13+/m0/s1. The molecule has 0 aliphatic carbocycles. The maximum Gasteiger partial charge on any atom is 0.154 e. The first-order valence-electron chi connectivity index (χ1n) is 6.93. The van der Waals surface area contributed by atoms with Gasteiger partial charge in [-0.3, -0.25) is 9.58 Å². The molecule has 1 aromatic heterocycles. The second-order valence-electron chi connectivity index (χ2n) is 6.03. The van der Waals surface area contributed by atoms with Crippen molar-refractivity contribution < 1.29 is 8.42 Å². The first kappa shape index (κ1) is 13.1. The van der Waals surface area contributed by atoms with Crippen molar-refractivity contribution in [1.82, 2.24) is 14.7 Å². The fraction of sp³-hybridized carbons (Fsp3) is 0.769. The van der Waals surface area contributed by atoms with Gasteiger partial charge < -0.3 is 0 Å². The number of sulfone groups is 1. The van der Waals surface area contributed by atoms with E-state index in [2.05, 4.69) is 23.8 Å². The summed E-state index contributed by atoms with van der Waals surface area (Å²) in [5.74, 6) is 0.732. The van der Waals surface area contributed by atoms with Gasteiger partial charge in [-0.2, -0.15) is 5.10 Å². The van der Waals surface area contributed by atoms with Crippen molar-refractivity contribution in [2.24, 2.45) is 5.92 Å². The third-order valence-electron chi connectivity index (χ3n) is 4.27. The highest BCUT2D eigenvalue weighted by atomic mass is 32.2. The lowest BCUT2D eigenvalue weighted by Gasteiger charge is -2.15. The lowest BCUT2D eigenvalue weighted by molar-refractivity contribution is 0.308. The average molecular weight is 283 g/mol. The van der Waals surface area contributed by atoms with Gasteiger partial charge in [0.15, 0.2) is 9.84 Å². The molecule has 3 heterocycles. The monoisotopic (exact) mass is 283 g/mol. The van der Waals surface area contributed by atoms with Crippen LogP contribution in [0.25, 0.3) is 0 Å². The molecule has 0 amide bonds. The summed E-state index contributed by atoms with van der Waals surface area (Å²) in [5, 5.41) is 4.40. The molecule has 0 spiro atoms. The number of hydrogen-bond acceptors (Lipinski definition) is 4. The third kappa shape index (κ3) is 2.43. The molecule has 3 rings (SSSR count). The van der Waals surface area contributed by atoms with E-state index in [1.54, 1.807) is 0 Å². The highest BCUT2D eigenvalue weighted by molar-refractivity contribution is 7.92. The topological polar surface area (TPSA) is 55.2 Å². The van der Waals surface area contributed by atoms with Crippen LogP contribution < -0.4 is 0 Å². The minimum atomic E-state index is -2.82. The Morgan fingerprint density at radius 2 is 2.21 bits per heavy atom. The molecule has 0 saturated carbocycles. The van der Waals surface area contributed by atoms with Crippen LogP contribution in [0.3, 0.4) is 0 Å². The van der Waals surface area contributed by atoms with Crippen molar-refractivity contribution in [2.75, 3.05) is 18.8 Å². The Morgan fingerprint density at radius 3 is 2.84 bits per heavy atom. The van der Waals surface area contributed by atoms with Crippen LogP contribution in [-0.4, -0.2) is 47.2 Å². The molecule has 1 aromatic rings. The Bertz CT molecular complexity index is 564. The van der Waals surface area contributed by atoms with E-state index >= 15 is 0 Å². The van der Waals surface area contributed by atoms with Crippen molar-refractivity contribution in [3.63, 3.8) is 0 Å². The van der Waals surface area contributed by atoms with Crippen LogP contribution in [0.1, 0.15) is 32.0 Å². The van der Waals surface area contributed by atoms with Crippen LogP contribution in [0.4, 0.5) is 0 Å². The number of fused-ring (bicyclic) bond motifs is 1. The number of rotatable bonds is 3. The van der Waals surface area contributed by atoms with E-state index < -0.39 is 9.84 Å². The summed E-state index contributed by atoms with van der Waals surface area (Å²) < 4.78 is 25.7. The molecule has 2 aliphatic heterocycles. The van der Waals surface area contributed by atoms with Gasteiger partial charge in [0.25, 0.3) is 0 Å². The molecule has 0 unspecified atom stereocenters. The molecule has 2 saturated heterocycles. The van der Waals surface area contributed by atoms with Crippen LogP contribution >= 0.6 is 0 Å². The molecular formula is C13H21N3O2S. The molecule has 0 N–H and O–H groups in total. The van der Waals surface area contributed by atoms with E-state index in [9.17, 15) is 8.42 Å². The van der Waals surface area contributed by atoms with Gasteiger partial charge in [0.1, 0.15) is 0 Å². The minimum Gasteiger partial charge on any atom is -0.296 e. The maximum absolute atomic E-state index is 11.9. The maximum atomic E-state index is 11.9. The smallest absolute Gasteiger partial charge is 0.154 e. The highest BCUT2D eigenvalue weighted by Crippen LogP contribution is 2.34. The average Bonchev–Trinajstić information content (AvgIpc) is 2.98. The normalized spacial score (nSPS) is 30.1. The van der Waals surface area contributed by atoms with E-state index in [4.69, 9.17) is 0 Å². The van der Waals surface area contributed by atoms with Gasteiger partial charge >= 0.3 is 0 Å². The highest BCUT2D eigenvalue weighted by Gasteiger charge is 2.46. The van der Waals surface area contributed by atoms with Gasteiger partial charge in [-0.1, -0.05) is 0 Å². The van der Waals surface area contributed by atoms with Gasteiger partial charge in [0.05, 0.1) is 16.7 Å². The van der Waals surface area contributed by atoms with Gasteiger partial charge in [0.2, 0.25) is 0 Å². The quantitative estimate of drug-likeness (QED) is 0.833. The predicted octanol–water partition coefficient (Wildman–Crippen LogP) is 1.08. The second-order valence-corrected chi connectivity index (χ2v) is 8.37. The number of nitrogens with zero attached hydrogens (tertiary/aromatic N) is 3. The zero-order valence-electron chi connectivity index (χ0n) is 11.5. The first-order chi connectivity index (χ1) is 8.95. The van der Waals surface area contributed by atoms with Gasteiger partial charge in [0, 0.05) is 31.9 Å². The minimum absolute atomic E-state index is 0.125. The Morgan fingerprint density at radius 1 is 1.42 bits per heavy atom. The number of likely N-dealkylation sites (tertiary alicyclic amines) is 1. The largest absolute Gasteiger partial charge is 0.296 e. The Balaban J connectivity index is 1.66. The van der Waals surface area contributed by atoms with Gasteiger partial charge in [-0.05, 0) is 32.3 Å². The molecule has 0 bridgehead atoms. The molecule has 0 aromatic carbocycles. The lowest BCUT2D eigenvalue weighted by Crippen LogP contribution is -2.26. The van der Waals surface area contributed by atoms with E-state index in [-0.39, 0.29) is 5.25 Å². The van der Waals surface area contributed by atoms with Crippen LogP contribution in [0.2, 0.25) is 0 Å². The summed E-state index contributed by atoms with van der Waals surface area (Å²) in [5.41, 5.74) is 1.03. The molecule has 6 heteroatoms. The van der Waals surface area contributed by atoms with Crippen LogP contribution in [0.15, 0.2) is 12.3 Å². The first-order valence-corrected chi connectivity index (χ1v) is 8.65. The fourth-order valence-electron chi connectivity index (χ4n) is 3.19. The van der Waals surface area contributed by atoms with E-state index in [0.717, 1.165) is 25.2 Å². The van der Waals surface area contributed by atoms with Crippen molar-refractivity contribution in [3.8, 4) is 0 Å². The van der Waals surface area contributed by atoms with Crippen molar-refractivity contribution in [3.05, 3.63) is 18.0 Å². The molecule has 5 nitrogen and oxygen atoms in total. The number of aromatic nitrogens is 2. The summed E-state index contributed by atoms with van der Waals surface area (Å²) in [7, 11) is -2.82. The molecule has 0 radical (unpaired) electrons. The SMILES string of the molecule is CC(C)n1ccc(CN2C[C@@H]3CCS(=O)(=O)[C@@H]3C2)n1. The van der Waals surface area contributed by atoms with E-state index in [1.165, 1.54) is 0 Å². The van der Waals surface area contributed by atoms with Crippen molar-refractivity contribution in [2.45, 2.75) is 38.1 Å².